The molecule has 0 saturated carbocycles. The summed E-state index contributed by atoms with van der Waals surface area (Å²) >= 11 is 0. The van der Waals surface area contributed by atoms with Crippen molar-refractivity contribution in [1.29, 1.82) is 0 Å². The summed E-state index contributed by atoms with van der Waals surface area (Å²) in [6.45, 7) is 2.86. The molecule has 0 spiro atoms. The quantitative estimate of drug-likeness (QED) is 0.893. The van der Waals surface area contributed by atoms with Crippen LogP contribution in [0.4, 0.5) is 0 Å². The number of fused-ring (bicyclic) bond motifs is 1. The third kappa shape index (κ3) is 2.09. The van der Waals surface area contributed by atoms with E-state index < -0.39 is 0 Å². The Hall–Kier alpha value is -1.91. The van der Waals surface area contributed by atoms with Gasteiger partial charge < -0.3 is 19.7 Å². The zero-order chi connectivity index (χ0) is 13.2. The summed E-state index contributed by atoms with van der Waals surface area (Å²) in [4.78, 5) is 6.86. The number of methoxy groups -OCH3 is 2. The van der Waals surface area contributed by atoms with Gasteiger partial charge in [0.1, 0.15) is 0 Å². The summed E-state index contributed by atoms with van der Waals surface area (Å²) in [5.74, 6) is 2.60. The molecular weight excluding hydrogens is 242 g/mol. The number of rotatable bonds is 3. The second-order valence-electron chi connectivity index (χ2n) is 4.74. The summed E-state index contributed by atoms with van der Waals surface area (Å²) in [5.41, 5.74) is 1.26. The highest BCUT2D eigenvalue weighted by molar-refractivity contribution is 5.83. The average molecular weight is 261 g/mol. The standard InChI is InChI=1S/C14H19N3O2/c1-18-12-4-3-10(9-13(12)19-2)11-5-6-15-14-16-7-8-17(11)14/h3-4,9,11H,5-8H2,1-2H3,(H,15,16). The van der Waals surface area contributed by atoms with Crippen LogP contribution in [0.3, 0.4) is 0 Å². The van der Waals surface area contributed by atoms with E-state index in [1.807, 2.05) is 6.07 Å². The van der Waals surface area contributed by atoms with Gasteiger partial charge in [0, 0.05) is 19.6 Å². The van der Waals surface area contributed by atoms with E-state index in [-0.39, 0.29) is 0 Å². The van der Waals surface area contributed by atoms with Gasteiger partial charge in [-0.1, -0.05) is 6.07 Å². The Kier molecular flexibility index (Phi) is 3.19. The van der Waals surface area contributed by atoms with E-state index in [9.17, 15) is 0 Å². The van der Waals surface area contributed by atoms with Crippen molar-refractivity contribution in [1.82, 2.24) is 10.2 Å². The predicted octanol–water partition coefficient (Wildman–Crippen LogP) is 1.41. The highest BCUT2D eigenvalue weighted by atomic mass is 16.5. The van der Waals surface area contributed by atoms with Crippen LogP contribution in [0.2, 0.25) is 0 Å². The fourth-order valence-electron chi connectivity index (χ4n) is 2.80. The van der Waals surface area contributed by atoms with Crippen LogP contribution in [0.25, 0.3) is 0 Å². The number of nitrogens with one attached hydrogen (secondary N) is 1. The van der Waals surface area contributed by atoms with E-state index in [2.05, 4.69) is 27.3 Å². The molecule has 0 amide bonds. The Bertz CT molecular complexity index is 501. The fraction of sp³-hybridized carbons (Fsp3) is 0.500. The van der Waals surface area contributed by atoms with Gasteiger partial charge in [-0.15, -0.1) is 0 Å². The van der Waals surface area contributed by atoms with Crippen LogP contribution in [0.1, 0.15) is 18.0 Å². The molecule has 5 heteroatoms. The van der Waals surface area contributed by atoms with Crippen molar-refractivity contribution < 1.29 is 9.47 Å². The van der Waals surface area contributed by atoms with Crippen LogP contribution < -0.4 is 14.8 Å². The third-order valence-corrected chi connectivity index (χ3v) is 3.74. The molecule has 5 nitrogen and oxygen atoms in total. The molecule has 2 aliphatic heterocycles. The van der Waals surface area contributed by atoms with Crippen molar-refractivity contribution in [2.75, 3.05) is 33.9 Å². The molecule has 1 N–H and O–H groups in total. The summed E-state index contributed by atoms with van der Waals surface area (Å²) in [5, 5.41) is 3.33. The summed E-state index contributed by atoms with van der Waals surface area (Å²) in [6, 6.07) is 6.54. The SMILES string of the molecule is COc1ccc(C2CCN=C3NCCN32)cc1OC. The molecule has 0 aromatic heterocycles. The van der Waals surface area contributed by atoms with Gasteiger partial charge in [0.2, 0.25) is 0 Å². The lowest BCUT2D eigenvalue weighted by atomic mass is 10.0. The first-order chi connectivity index (χ1) is 9.33. The van der Waals surface area contributed by atoms with Crippen LogP contribution in [-0.2, 0) is 0 Å². The minimum absolute atomic E-state index is 0.377. The van der Waals surface area contributed by atoms with Crippen LogP contribution in [0.15, 0.2) is 23.2 Å². The van der Waals surface area contributed by atoms with Crippen molar-refractivity contribution in [3.8, 4) is 11.5 Å². The number of hydrogen-bond donors (Lipinski definition) is 1. The monoisotopic (exact) mass is 261 g/mol. The third-order valence-electron chi connectivity index (χ3n) is 3.74. The van der Waals surface area contributed by atoms with Gasteiger partial charge in [0.05, 0.1) is 20.3 Å². The Morgan fingerprint density at radius 2 is 2.11 bits per heavy atom. The van der Waals surface area contributed by atoms with Crippen molar-refractivity contribution in [2.45, 2.75) is 12.5 Å². The first-order valence-electron chi connectivity index (χ1n) is 6.60. The molecule has 102 valence electrons. The normalized spacial score (nSPS) is 21.5. The maximum absolute atomic E-state index is 5.39. The number of benzene rings is 1. The number of aliphatic imine (C=N–C) groups is 1. The van der Waals surface area contributed by atoms with Crippen molar-refractivity contribution in [3.63, 3.8) is 0 Å². The Balaban J connectivity index is 1.91. The van der Waals surface area contributed by atoms with Gasteiger partial charge in [-0.25, -0.2) is 0 Å². The second kappa shape index (κ2) is 4.99. The maximum atomic E-state index is 5.39. The van der Waals surface area contributed by atoms with Gasteiger partial charge >= 0.3 is 0 Å². The highest BCUT2D eigenvalue weighted by Gasteiger charge is 2.30. The Labute approximate surface area is 113 Å². The largest absolute Gasteiger partial charge is 0.493 e. The van der Waals surface area contributed by atoms with Crippen LogP contribution >= 0.6 is 0 Å². The van der Waals surface area contributed by atoms with E-state index in [0.717, 1.165) is 43.5 Å². The van der Waals surface area contributed by atoms with Gasteiger partial charge in [-0.3, -0.25) is 4.99 Å². The summed E-state index contributed by atoms with van der Waals surface area (Å²) in [6.07, 6.45) is 1.04. The number of guanidine groups is 1. The summed E-state index contributed by atoms with van der Waals surface area (Å²) in [7, 11) is 3.33. The van der Waals surface area contributed by atoms with E-state index in [1.54, 1.807) is 14.2 Å². The van der Waals surface area contributed by atoms with Gasteiger partial charge in [0.25, 0.3) is 0 Å². The Morgan fingerprint density at radius 3 is 2.89 bits per heavy atom. The second-order valence-corrected chi connectivity index (χ2v) is 4.74. The molecule has 2 aliphatic rings. The minimum Gasteiger partial charge on any atom is -0.493 e. The van der Waals surface area contributed by atoms with Crippen LogP contribution in [-0.4, -0.2) is 44.7 Å². The first-order valence-corrected chi connectivity index (χ1v) is 6.60. The van der Waals surface area contributed by atoms with Gasteiger partial charge in [0.15, 0.2) is 17.5 Å². The first kappa shape index (κ1) is 12.1. The van der Waals surface area contributed by atoms with Gasteiger partial charge in [-0.2, -0.15) is 0 Å². The fourth-order valence-corrected chi connectivity index (χ4v) is 2.80. The molecule has 19 heavy (non-hydrogen) atoms. The molecule has 1 unspecified atom stereocenters. The molecule has 1 fully saturated rings. The zero-order valence-electron chi connectivity index (χ0n) is 11.3. The number of hydrogen-bond acceptors (Lipinski definition) is 5. The molecule has 1 aromatic carbocycles. The smallest absolute Gasteiger partial charge is 0.194 e. The van der Waals surface area contributed by atoms with Crippen molar-refractivity contribution in [3.05, 3.63) is 23.8 Å². The van der Waals surface area contributed by atoms with E-state index in [0.29, 0.717) is 6.04 Å². The van der Waals surface area contributed by atoms with Crippen LogP contribution in [0, 0.1) is 0 Å². The lowest BCUT2D eigenvalue weighted by Crippen LogP contribution is -2.37. The molecular formula is C14H19N3O2. The maximum Gasteiger partial charge on any atom is 0.194 e. The topological polar surface area (TPSA) is 46.1 Å². The van der Waals surface area contributed by atoms with Crippen molar-refractivity contribution >= 4 is 5.96 Å². The minimum atomic E-state index is 0.377. The Morgan fingerprint density at radius 1 is 1.26 bits per heavy atom. The zero-order valence-corrected chi connectivity index (χ0v) is 11.3. The molecule has 0 aliphatic carbocycles. The van der Waals surface area contributed by atoms with E-state index in [4.69, 9.17) is 9.47 Å². The number of nitrogens with zero attached hydrogens (tertiary/aromatic N) is 2. The van der Waals surface area contributed by atoms with Gasteiger partial charge in [-0.05, 0) is 24.1 Å². The number of ether oxygens (including phenoxy) is 2. The molecule has 0 radical (unpaired) electrons. The lowest BCUT2D eigenvalue weighted by molar-refractivity contribution is 0.311. The molecule has 1 saturated heterocycles. The molecule has 2 heterocycles. The average Bonchev–Trinajstić information content (AvgIpc) is 2.94. The molecule has 1 atom stereocenters. The predicted molar refractivity (Wildman–Crippen MR) is 73.9 cm³/mol. The van der Waals surface area contributed by atoms with Crippen molar-refractivity contribution in [2.24, 2.45) is 4.99 Å². The van der Waals surface area contributed by atoms with E-state index in [1.165, 1.54) is 5.56 Å². The molecule has 0 bridgehead atoms. The van der Waals surface area contributed by atoms with E-state index >= 15 is 0 Å². The van der Waals surface area contributed by atoms with Crippen LogP contribution in [0.5, 0.6) is 11.5 Å². The molecule has 1 aromatic rings. The molecule has 3 rings (SSSR count). The summed E-state index contributed by atoms with van der Waals surface area (Å²) < 4.78 is 10.7. The lowest BCUT2D eigenvalue weighted by Gasteiger charge is -2.32. The highest BCUT2D eigenvalue weighted by Crippen LogP contribution is 2.35.